The summed E-state index contributed by atoms with van der Waals surface area (Å²) in [7, 11) is 3.97. The lowest BCUT2D eigenvalue weighted by Gasteiger charge is -2.11. The van der Waals surface area contributed by atoms with Crippen LogP contribution >= 0.6 is 23.2 Å². The van der Waals surface area contributed by atoms with Crippen molar-refractivity contribution >= 4 is 34.8 Å². The van der Waals surface area contributed by atoms with Crippen LogP contribution in [-0.4, -0.2) is 26.5 Å². The Labute approximate surface area is 146 Å². The van der Waals surface area contributed by atoms with Gasteiger partial charge in [-0.25, -0.2) is 0 Å². The molecule has 5 heteroatoms. The van der Waals surface area contributed by atoms with Crippen LogP contribution in [0.25, 0.3) is 0 Å². The van der Waals surface area contributed by atoms with E-state index in [1.165, 1.54) is 6.07 Å². The average Bonchev–Trinajstić information content (AvgIpc) is 2.54. The van der Waals surface area contributed by atoms with Gasteiger partial charge in [-0.3, -0.25) is 4.79 Å². The van der Waals surface area contributed by atoms with Gasteiger partial charge in [0.15, 0.2) is 0 Å². The Morgan fingerprint density at radius 1 is 1.13 bits per heavy atom. The van der Waals surface area contributed by atoms with Crippen molar-refractivity contribution in [3.63, 3.8) is 0 Å². The van der Waals surface area contributed by atoms with Crippen LogP contribution in [-0.2, 0) is 0 Å². The number of anilines is 1. The number of nitrogens with one attached hydrogen (secondary N) is 1. The smallest absolute Gasteiger partial charge is 0.253 e. The predicted molar refractivity (Wildman–Crippen MR) is 96.4 cm³/mol. The lowest BCUT2D eigenvalue weighted by Crippen LogP contribution is -2.23. The molecule has 0 aliphatic rings. The highest BCUT2D eigenvalue weighted by Crippen LogP contribution is 2.20. The summed E-state index contributed by atoms with van der Waals surface area (Å²) < 4.78 is 0. The second-order valence-corrected chi connectivity index (χ2v) is 5.89. The molecule has 0 saturated carbocycles. The molecule has 0 heterocycles. The van der Waals surface area contributed by atoms with Gasteiger partial charge in [-0.2, -0.15) is 0 Å². The van der Waals surface area contributed by atoms with Crippen molar-refractivity contribution in [1.29, 1.82) is 0 Å². The maximum atomic E-state index is 12.0. The number of rotatable bonds is 3. The van der Waals surface area contributed by atoms with E-state index in [1.807, 2.05) is 43.3 Å². The van der Waals surface area contributed by atoms with Gasteiger partial charge in [0.1, 0.15) is 0 Å². The molecule has 0 unspecified atom stereocenters. The molecule has 1 N–H and O–H groups in total. The monoisotopic (exact) mass is 346 g/mol. The Morgan fingerprint density at radius 2 is 1.83 bits per heavy atom. The first-order chi connectivity index (χ1) is 11.0. The van der Waals surface area contributed by atoms with E-state index in [4.69, 9.17) is 23.2 Å². The second kappa shape index (κ2) is 7.92. The third-order valence-corrected chi connectivity index (χ3v) is 3.69. The number of carbonyl (C=O) groups is 1. The van der Waals surface area contributed by atoms with Crippen molar-refractivity contribution in [2.24, 2.45) is 0 Å². The minimum absolute atomic E-state index is 0.233. The first-order valence-electron chi connectivity index (χ1n) is 6.97. The van der Waals surface area contributed by atoms with Crippen LogP contribution in [0.2, 0.25) is 10.0 Å². The summed E-state index contributed by atoms with van der Waals surface area (Å²) >= 11 is 11.8. The maximum Gasteiger partial charge on any atom is 0.253 e. The van der Waals surface area contributed by atoms with E-state index in [1.54, 1.807) is 12.1 Å². The fraction of sp³-hybridized carbons (Fsp3) is 0.167. The van der Waals surface area contributed by atoms with Crippen molar-refractivity contribution < 1.29 is 4.79 Å². The number of nitrogens with zero attached hydrogens (tertiary/aromatic N) is 1. The van der Waals surface area contributed by atoms with Gasteiger partial charge in [0.25, 0.3) is 5.91 Å². The molecule has 0 fully saturated rings. The Morgan fingerprint density at radius 3 is 2.48 bits per heavy atom. The summed E-state index contributed by atoms with van der Waals surface area (Å²) in [6, 6.07) is 12.6. The van der Waals surface area contributed by atoms with E-state index in [9.17, 15) is 4.79 Å². The predicted octanol–water partition coefficient (Wildman–Crippen LogP) is 3.84. The quantitative estimate of drug-likeness (QED) is 0.856. The number of benzene rings is 2. The van der Waals surface area contributed by atoms with E-state index in [-0.39, 0.29) is 12.5 Å². The third kappa shape index (κ3) is 4.92. The Kier molecular flexibility index (Phi) is 5.92. The van der Waals surface area contributed by atoms with Crippen LogP contribution in [0.15, 0.2) is 42.5 Å². The van der Waals surface area contributed by atoms with Crippen molar-refractivity contribution in [1.82, 2.24) is 5.32 Å². The van der Waals surface area contributed by atoms with Crippen LogP contribution in [0.5, 0.6) is 0 Å². The number of hydrogen-bond donors (Lipinski definition) is 1. The molecule has 1 amide bonds. The number of carbonyl (C=O) groups excluding carboxylic acids is 1. The van der Waals surface area contributed by atoms with E-state index in [2.05, 4.69) is 17.2 Å². The molecule has 118 valence electrons. The minimum Gasteiger partial charge on any atom is -0.378 e. The van der Waals surface area contributed by atoms with Gasteiger partial charge in [-0.1, -0.05) is 35.0 Å². The average molecular weight is 347 g/mol. The van der Waals surface area contributed by atoms with E-state index >= 15 is 0 Å². The molecule has 0 saturated heterocycles. The molecule has 0 aromatic heterocycles. The molecule has 2 rings (SSSR count). The van der Waals surface area contributed by atoms with Crippen LogP contribution < -0.4 is 10.2 Å². The van der Waals surface area contributed by atoms with E-state index < -0.39 is 0 Å². The normalized spacial score (nSPS) is 9.74. The standard InChI is InChI=1S/C18H16Cl2N2O/c1-22(2)15-8-5-13(6-9-15)4-3-11-21-18(23)16-12-14(19)7-10-17(16)20/h5-10,12H,11H2,1-2H3,(H,21,23). The Hall–Kier alpha value is -2.15. The highest BCUT2D eigenvalue weighted by Gasteiger charge is 2.09. The van der Waals surface area contributed by atoms with Crippen LogP contribution in [0.4, 0.5) is 5.69 Å². The van der Waals surface area contributed by atoms with Crippen LogP contribution in [0.1, 0.15) is 15.9 Å². The summed E-state index contributed by atoms with van der Waals surface area (Å²) in [4.78, 5) is 14.0. The number of halogens is 2. The first-order valence-corrected chi connectivity index (χ1v) is 7.72. The first kappa shape index (κ1) is 17.2. The topological polar surface area (TPSA) is 32.3 Å². The third-order valence-electron chi connectivity index (χ3n) is 3.13. The summed E-state index contributed by atoms with van der Waals surface area (Å²) in [5.41, 5.74) is 2.35. The zero-order valence-electron chi connectivity index (χ0n) is 12.9. The molecule has 3 nitrogen and oxygen atoms in total. The molecule has 0 atom stereocenters. The molecule has 0 aliphatic carbocycles. The lowest BCUT2D eigenvalue weighted by molar-refractivity contribution is 0.0959. The summed E-state index contributed by atoms with van der Waals surface area (Å²) in [5, 5.41) is 3.53. The van der Waals surface area contributed by atoms with Crippen molar-refractivity contribution in [2.45, 2.75) is 0 Å². The molecule has 0 radical (unpaired) electrons. The van der Waals surface area contributed by atoms with Gasteiger partial charge < -0.3 is 10.2 Å². The zero-order valence-corrected chi connectivity index (χ0v) is 14.4. The lowest BCUT2D eigenvalue weighted by atomic mass is 10.2. The molecular formula is C18H16Cl2N2O. The highest BCUT2D eigenvalue weighted by molar-refractivity contribution is 6.35. The van der Waals surface area contributed by atoms with Gasteiger partial charge in [0.05, 0.1) is 17.1 Å². The van der Waals surface area contributed by atoms with Gasteiger partial charge in [-0.05, 0) is 42.5 Å². The molecule has 0 aliphatic heterocycles. The van der Waals surface area contributed by atoms with Gasteiger partial charge in [0, 0.05) is 30.4 Å². The number of amides is 1. The van der Waals surface area contributed by atoms with Crippen LogP contribution in [0.3, 0.4) is 0 Å². The zero-order chi connectivity index (χ0) is 16.8. The largest absolute Gasteiger partial charge is 0.378 e. The van der Waals surface area contributed by atoms with Crippen molar-refractivity contribution in [3.8, 4) is 11.8 Å². The molecule has 23 heavy (non-hydrogen) atoms. The molecule has 0 bridgehead atoms. The summed E-state index contributed by atoms with van der Waals surface area (Å²) in [6.07, 6.45) is 0. The second-order valence-electron chi connectivity index (χ2n) is 5.05. The van der Waals surface area contributed by atoms with Gasteiger partial charge >= 0.3 is 0 Å². The van der Waals surface area contributed by atoms with E-state index in [0.29, 0.717) is 15.6 Å². The Balaban J connectivity index is 1.95. The molecule has 0 spiro atoms. The summed E-state index contributed by atoms with van der Waals surface area (Å²) in [6.45, 7) is 0.233. The fourth-order valence-corrected chi connectivity index (χ4v) is 2.26. The molecule has 2 aromatic carbocycles. The van der Waals surface area contributed by atoms with Gasteiger partial charge in [-0.15, -0.1) is 0 Å². The molecule has 2 aromatic rings. The maximum absolute atomic E-state index is 12.0. The van der Waals surface area contributed by atoms with Crippen molar-refractivity contribution in [3.05, 3.63) is 63.6 Å². The van der Waals surface area contributed by atoms with E-state index in [0.717, 1.165) is 11.3 Å². The SMILES string of the molecule is CN(C)c1ccc(C#CCNC(=O)c2cc(Cl)ccc2Cl)cc1. The van der Waals surface area contributed by atoms with Gasteiger partial charge in [0.2, 0.25) is 0 Å². The Bertz CT molecular complexity index is 759. The fourth-order valence-electron chi connectivity index (χ4n) is 1.88. The number of hydrogen-bond acceptors (Lipinski definition) is 2. The summed E-state index contributed by atoms with van der Waals surface area (Å²) in [5.74, 6) is 5.62. The highest BCUT2D eigenvalue weighted by atomic mass is 35.5. The van der Waals surface area contributed by atoms with Crippen LogP contribution in [0, 0.1) is 11.8 Å². The van der Waals surface area contributed by atoms with Crippen molar-refractivity contribution in [2.75, 3.05) is 25.5 Å². The molecular weight excluding hydrogens is 331 g/mol. The minimum atomic E-state index is -0.297.